The minimum absolute atomic E-state index is 0.0449. The second-order valence-corrected chi connectivity index (χ2v) is 10.1. The van der Waals surface area contributed by atoms with E-state index in [9.17, 15) is 4.79 Å². The fourth-order valence-corrected chi connectivity index (χ4v) is 5.37. The van der Waals surface area contributed by atoms with Crippen molar-refractivity contribution in [2.75, 3.05) is 13.7 Å². The van der Waals surface area contributed by atoms with Crippen molar-refractivity contribution in [2.45, 2.75) is 82.8 Å². The largest absolute Gasteiger partial charge is 0.370 e. The summed E-state index contributed by atoms with van der Waals surface area (Å²) >= 11 is 0. The van der Waals surface area contributed by atoms with Gasteiger partial charge in [-0.1, -0.05) is 43.8 Å². The molecular weight excluding hydrogens is 487 g/mol. The maximum atomic E-state index is 13.2. The normalized spacial score (nSPS) is 21.8. The van der Waals surface area contributed by atoms with Gasteiger partial charge in [-0.25, -0.2) is 0 Å². The molecule has 2 rings (SSSR count). The van der Waals surface area contributed by atoms with Gasteiger partial charge in [0.2, 0.25) is 5.91 Å². The van der Waals surface area contributed by atoms with Gasteiger partial charge in [0.05, 0.1) is 31.0 Å². The van der Waals surface area contributed by atoms with Crippen LogP contribution in [0.3, 0.4) is 0 Å². The minimum atomic E-state index is -0.220. The number of amides is 1. The van der Waals surface area contributed by atoms with Gasteiger partial charge >= 0.3 is 0 Å². The van der Waals surface area contributed by atoms with Crippen molar-refractivity contribution in [1.29, 1.82) is 0 Å². The van der Waals surface area contributed by atoms with Gasteiger partial charge in [0, 0.05) is 41.4 Å². The highest BCUT2D eigenvalue weighted by atomic mass is 31.0. The molecule has 0 bridgehead atoms. The number of ether oxygens (including phenoxy) is 1. The Hall–Kier alpha value is -0.440. The molecule has 1 aromatic rings. The molecule has 1 aliphatic heterocycles. The first-order valence-corrected chi connectivity index (χ1v) is 13.4. The molecule has 9 atom stereocenters. The third-order valence-corrected chi connectivity index (χ3v) is 7.66. The number of nitrogens with zero attached hydrogens (tertiary/aromatic N) is 1. The third-order valence-electron chi connectivity index (χ3n) is 6.74. The fraction of sp³-hybridized carbons (Fsp3) is 0.640. The summed E-state index contributed by atoms with van der Waals surface area (Å²) in [5.41, 5.74) is 2.20. The summed E-state index contributed by atoms with van der Waals surface area (Å²) in [5, 5.41) is 0. The van der Waals surface area contributed by atoms with Gasteiger partial charge in [-0.05, 0) is 56.6 Å². The Labute approximate surface area is 212 Å². The first kappa shape index (κ1) is 29.8. The van der Waals surface area contributed by atoms with Crippen LogP contribution in [0.25, 0.3) is 0 Å². The third kappa shape index (κ3) is 8.90. The first-order chi connectivity index (χ1) is 16.3. The van der Waals surface area contributed by atoms with Crippen molar-refractivity contribution < 1.29 is 23.1 Å². The van der Waals surface area contributed by atoms with Gasteiger partial charge in [0.25, 0.3) is 0 Å². The van der Waals surface area contributed by atoms with Gasteiger partial charge in [-0.2, -0.15) is 0 Å². The lowest BCUT2D eigenvalue weighted by Gasteiger charge is -2.33. The van der Waals surface area contributed by atoms with Crippen molar-refractivity contribution in [3.8, 4) is 0 Å². The zero-order valence-electron chi connectivity index (χ0n) is 20.7. The van der Waals surface area contributed by atoms with E-state index >= 15 is 0 Å². The van der Waals surface area contributed by atoms with Gasteiger partial charge in [0.1, 0.15) is 6.10 Å². The van der Waals surface area contributed by atoms with Gasteiger partial charge < -0.3 is 23.2 Å². The lowest BCUT2D eigenvalue weighted by molar-refractivity contribution is -0.138. The van der Waals surface area contributed by atoms with E-state index in [1.54, 1.807) is 4.90 Å². The van der Waals surface area contributed by atoms with E-state index in [4.69, 9.17) is 18.3 Å². The molecule has 0 spiro atoms. The summed E-state index contributed by atoms with van der Waals surface area (Å²) in [5.74, 6) is -0.0910. The number of rotatable bonds is 15. The van der Waals surface area contributed by atoms with Crippen LogP contribution in [0.15, 0.2) is 42.5 Å². The number of benzene rings is 1. The van der Waals surface area contributed by atoms with Crippen molar-refractivity contribution in [1.82, 2.24) is 4.90 Å². The SMILES string of the molecule is C=C1C[C@H](CCCOP)OC1CC[C@H](C[C@@H](C)C(=O)N(C)[C@H](C)[C@H](OP)c1ccccc1)OP. The molecule has 192 valence electrons. The number of hydrogen-bond acceptors (Lipinski definition) is 5. The van der Waals surface area contributed by atoms with Crippen LogP contribution in [0.5, 0.6) is 0 Å². The Morgan fingerprint density at radius 3 is 2.50 bits per heavy atom. The zero-order valence-corrected chi connectivity index (χ0v) is 24.2. The van der Waals surface area contributed by atoms with Crippen molar-refractivity contribution in [2.24, 2.45) is 5.92 Å². The molecule has 0 N–H and O–H groups in total. The summed E-state index contributed by atoms with van der Waals surface area (Å²) in [6.45, 7) is 8.92. The van der Waals surface area contributed by atoms with Crippen LogP contribution in [-0.4, -0.2) is 48.8 Å². The molecule has 0 aliphatic carbocycles. The fourth-order valence-electron chi connectivity index (χ4n) is 4.58. The van der Waals surface area contributed by atoms with E-state index in [1.807, 2.05) is 51.2 Å². The summed E-state index contributed by atoms with van der Waals surface area (Å²) in [6.07, 6.45) is 5.18. The zero-order chi connectivity index (χ0) is 25.1. The van der Waals surface area contributed by atoms with E-state index in [-0.39, 0.29) is 42.3 Å². The molecule has 0 aromatic heterocycles. The molecule has 6 nitrogen and oxygen atoms in total. The number of carbonyl (C=O) groups excluding carboxylic acids is 1. The highest BCUT2D eigenvalue weighted by Crippen LogP contribution is 2.32. The van der Waals surface area contributed by atoms with Crippen LogP contribution in [-0.2, 0) is 23.1 Å². The number of hydrogen-bond donors (Lipinski definition) is 0. The summed E-state index contributed by atoms with van der Waals surface area (Å²) in [6, 6.07) is 9.85. The van der Waals surface area contributed by atoms with Crippen molar-refractivity contribution in [3.05, 3.63) is 48.0 Å². The van der Waals surface area contributed by atoms with E-state index in [1.165, 1.54) is 0 Å². The number of likely N-dealkylation sites (N-methyl/N-ethyl adjacent to an activating group) is 1. The molecule has 0 radical (unpaired) electrons. The topological polar surface area (TPSA) is 57.2 Å². The molecule has 1 aromatic carbocycles. The molecule has 34 heavy (non-hydrogen) atoms. The van der Waals surface area contributed by atoms with Crippen LogP contribution in [0.4, 0.5) is 0 Å². The molecule has 1 heterocycles. The van der Waals surface area contributed by atoms with Crippen LogP contribution >= 0.6 is 28.4 Å². The molecule has 9 heteroatoms. The number of carbonyl (C=O) groups is 1. The Morgan fingerprint density at radius 1 is 1.18 bits per heavy atom. The van der Waals surface area contributed by atoms with Crippen molar-refractivity contribution in [3.63, 3.8) is 0 Å². The quantitative estimate of drug-likeness (QED) is 0.167. The molecular formula is C25H42NO5P3. The average Bonchev–Trinajstić information content (AvgIpc) is 3.20. The monoisotopic (exact) mass is 529 g/mol. The van der Waals surface area contributed by atoms with E-state index in [0.29, 0.717) is 6.42 Å². The van der Waals surface area contributed by atoms with Crippen molar-refractivity contribution >= 4 is 34.3 Å². The molecule has 0 saturated carbocycles. The lowest BCUT2D eigenvalue weighted by atomic mass is 9.95. The van der Waals surface area contributed by atoms with Gasteiger partial charge in [-0.3, -0.25) is 4.79 Å². The summed E-state index contributed by atoms with van der Waals surface area (Å²) in [7, 11) is 8.84. The predicted octanol–water partition coefficient (Wildman–Crippen LogP) is 5.66. The predicted molar refractivity (Wildman–Crippen MR) is 147 cm³/mol. The first-order valence-electron chi connectivity index (χ1n) is 12.0. The minimum Gasteiger partial charge on any atom is -0.370 e. The van der Waals surface area contributed by atoms with Gasteiger partial charge in [0.15, 0.2) is 0 Å². The van der Waals surface area contributed by atoms with Crippen LogP contribution < -0.4 is 0 Å². The van der Waals surface area contributed by atoms with Gasteiger partial charge in [-0.15, -0.1) is 0 Å². The highest BCUT2D eigenvalue weighted by molar-refractivity contribution is 7.10. The Morgan fingerprint density at radius 2 is 1.88 bits per heavy atom. The second kappa shape index (κ2) is 15.6. The summed E-state index contributed by atoms with van der Waals surface area (Å²) < 4.78 is 22.6. The maximum Gasteiger partial charge on any atom is 0.225 e. The smallest absolute Gasteiger partial charge is 0.225 e. The summed E-state index contributed by atoms with van der Waals surface area (Å²) in [4.78, 5) is 15.0. The van der Waals surface area contributed by atoms with Crippen LogP contribution in [0.1, 0.15) is 64.0 Å². The maximum absolute atomic E-state index is 13.2. The van der Waals surface area contributed by atoms with E-state index in [2.05, 4.69) is 35.0 Å². The molecule has 1 amide bonds. The molecule has 1 fully saturated rings. The van der Waals surface area contributed by atoms with E-state index in [0.717, 1.165) is 49.8 Å². The Balaban J connectivity index is 1.85. The standard InChI is InChI=1S/C25H42NO5P3/c1-17-15-21(11-8-14-28-32)29-23(17)13-12-22(30-33)16-18(2)25(27)26(4)19(3)24(31-34)20-9-6-5-7-10-20/h5-7,9-10,18-19,21-24H,1,8,11-16,32-34H2,2-4H3/t18-,19-,21+,22-,23?,24+/m1/s1. The Bertz CT molecular complexity index is 753. The molecule has 1 saturated heterocycles. The lowest BCUT2D eigenvalue weighted by Crippen LogP contribution is -2.42. The Kier molecular flexibility index (Phi) is 13.7. The van der Waals surface area contributed by atoms with Crippen LogP contribution in [0, 0.1) is 5.92 Å². The average molecular weight is 530 g/mol. The molecule has 4 unspecified atom stereocenters. The highest BCUT2D eigenvalue weighted by Gasteiger charge is 2.31. The molecule has 1 aliphatic rings. The second-order valence-electron chi connectivity index (χ2n) is 9.25. The van der Waals surface area contributed by atoms with Crippen LogP contribution in [0.2, 0.25) is 0 Å². The van der Waals surface area contributed by atoms with E-state index < -0.39 is 0 Å².